The van der Waals surface area contributed by atoms with Crippen LogP contribution in [0.5, 0.6) is 5.75 Å². The number of aromatic nitrogens is 1. The van der Waals surface area contributed by atoms with Crippen LogP contribution in [0.3, 0.4) is 0 Å². The molecule has 4 rings (SSSR count). The molecule has 0 amide bonds. The van der Waals surface area contributed by atoms with E-state index >= 15 is 0 Å². The first-order chi connectivity index (χ1) is 15.4. The number of phenols is 1. The molecule has 32 heavy (non-hydrogen) atoms. The molecule has 1 saturated carbocycles. The van der Waals surface area contributed by atoms with Crippen molar-refractivity contribution in [3.8, 4) is 5.75 Å². The Bertz CT molecular complexity index is 1050. The maximum absolute atomic E-state index is 9.95. The zero-order valence-electron chi connectivity index (χ0n) is 19.8. The Balaban J connectivity index is 1.29. The third-order valence-electron chi connectivity index (χ3n) is 6.69. The first kappa shape index (κ1) is 22.4. The summed E-state index contributed by atoms with van der Waals surface area (Å²) in [5.74, 6) is 2.11. The molecule has 0 saturated heterocycles. The minimum absolute atomic E-state index is 0.415. The van der Waals surface area contributed by atoms with E-state index in [2.05, 4.69) is 72.1 Å². The van der Waals surface area contributed by atoms with Gasteiger partial charge in [-0.25, -0.2) is 4.98 Å². The van der Waals surface area contributed by atoms with Crippen molar-refractivity contribution in [3.05, 3.63) is 59.2 Å². The number of para-hydroxylation sites is 1. The molecule has 0 aliphatic heterocycles. The summed E-state index contributed by atoms with van der Waals surface area (Å²) < 4.78 is 0. The standard InChI is InChI=1S/C27H36N4O/c1-18-13-21(14-19(2)27(18)32)17-28-16-20-9-11-22(12-10-20)29-26-15-25(31(3)4)23-7-5-6-8-24(23)30-26/h5-8,13-15,20,22,28,32H,9-12,16-17H2,1-4H3,(H,29,30). The molecule has 0 spiro atoms. The fraction of sp³-hybridized carbons (Fsp3) is 0.444. The number of benzene rings is 2. The van der Waals surface area contributed by atoms with Crippen LogP contribution in [0, 0.1) is 19.8 Å². The van der Waals surface area contributed by atoms with Crippen molar-refractivity contribution < 1.29 is 5.11 Å². The largest absolute Gasteiger partial charge is 0.507 e. The lowest BCUT2D eigenvalue weighted by Gasteiger charge is -2.30. The van der Waals surface area contributed by atoms with Crippen molar-refractivity contribution >= 4 is 22.4 Å². The van der Waals surface area contributed by atoms with Gasteiger partial charge >= 0.3 is 0 Å². The third-order valence-corrected chi connectivity index (χ3v) is 6.69. The fourth-order valence-corrected chi connectivity index (χ4v) is 4.89. The van der Waals surface area contributed by atoms with Crippen LogP contribution in [-0.4, -0.2) is 36.8 Å². The number of rotatable bonds is 7. The molecule has 0 radical (unpaired) electrons. The molecule has 5 heteroatoms. The number of aryl methyl sites for hydroxylation is 2. The van der Waals surface area contributed by atoms with Gasteiger partial charge in [-0.05, 0) is 74.8 Å². The van der Waals surface area contributed by atoms with Crippen molar-refractivity contribution in [1.29, 1.82) is 0 Å². The summed E-state index contributed by atoms with van der Waals surface area (Å²) in [6.07, 6.45) is 4.81. The number of nitrogens with one attached hydrogen (secondary N) is 2. The maximum Gasteiger partial charge on any atom is 0.128 e. The van der Waals surface area contributed by atoms with Gasteiger partial charge < -0.3 is 20.6 Å². The molecule has 1 aliphatic rings. The van der Waals surface area contributed by atoms with E-state index in [4.69, 9.17) is 4.98 Å². The Morgan fingerprint density at radius 2 is 1.69 bits per heavy atom. The second kappa shape index (κ2) is 9.78. The molecule has 1 heterocycles. The molecule has 0 bridgehead atoms. The van der Waals surface area contributed by atoms with Crippen LogP contribution in [0.25, 0.3) is 10.9 Å². The second-order valence-electron chi connectivity index (χ2n) is 9.51. The van der Waals surface area contributed by atoms with Crippen molar-refractivity contribution in [2.24, 2.45) is 5.92 Å². The van der Waals surface area contributed by atoms with Gasteiger partial charge in [0.2, 0.25) is 0 Å². The predicted octanol–water partition coefficient (Wildman–Crippen LogP) is 5.38. The second-order valence-corrected chi connectivity index (χ2v) is 9.51. The molecular formula is C27H36N4O. The first-order valence-electron chi connectivity index (χ1n) is 11.7. The van der Waals surface area contributed by atoms with Gasteiger partial charge in [0.25, 0.3) is 0 Å². The van der Waals surface area contributed by atoms with E-state index in [1.165, 1.54) is 42.3 Å². The number of fused-ring (bicyclic) bond motifs is 1. The van der Waals surface area contributed by atoms with Gasteiger partial charge in [0.15, 0.2) is 0 Å². The van der Waals surface area contributed by atoms with Gasteiger partial charge in [0.1, 0.15) is 11.6 Å². The van der Waals surface area contributed by atoms with Crippen LogP contribution in [0.15, 0.2) is 42.5 Å². The molecule has 5 nitrogen and oxygen atoms in total. The van der Waals surface area contributed by atoms with Crippen molar-refractivity contribution in [1.82, 2.24) is 10.3 Å². The van der Waals surface area contributed by atoms with E-state index < -0.39 is 0 Å². The number of nitrogens with zero attached hydrogens (tertiary/aromatic N) is 2. The van der Waals surface area contributed by atoms with Crippen LogP contribution in [-0.2, 0) is 6.54 Å². The lowest BCUT2D eigenvalue weighted by Crippen LogP contribution is -2.31. The van der Waals surface area contributed by atoms with Crippen LogP contribution < -0.4 is 15.5 Å². The summed E-state index contributed by atoms with van der Waals surface area (Å²) in [6, 6.07) is 15.2. The van der Waals surface area contributed by atoms with Crippen molar-refractivity contribution in [2.45, 2.75) is 52.1 Å². The SMILES string of the molecule is Cc1cc(CNCC2CCC(Nc3cc(N(C)C)c4ccccc4n3)CC2)cc(C)c1O. The average molecular weight is 433 g/mol. The summed E-state index contributed by atoms with van der Waals surface area (Å²) >= 11 is 0. The quantitative estimate of drug-likeness (QED) is 0.468. The molecule has 170 valence electrons. The minimum atomic E-state index is 0.415. The minimum Gasteiger partial charge on any atom is -0.507 e. The molecular weight excluding hydrogens is 396 g/mol. The van der Waals surface area contributed by atoms with Gasteiger partial charge in [-0.1, -0.05) is 30.3 Å². The molecule has 1 aromatic heterocycles. The van der Waals surface area contributed by atoms with Crippen LogP contribution in [0.4, 0.5) is 11.5 Å². The smallest absolute Gasteiger partial charge is 0.128 e. The van der Waals surface area contributed by atoms with Crippen LogP contribution in [0.2, 0.25) is 0 Å². The van der Waals surface area contributed by atoms with Gasteiger partial charge in [-0.2, -0.15) is 0 Å². The fourth-order valence-electron chi connectivity index (χ4n) is 4.89. The van der Waals surface area contributed by atoms with Gasteiger partial charge in [0.05, 0.1) is 5.52 Å². The lowest BCUT2D eigenvalue weighted by molar-refractivity contribution is 0.324. The average Bonchev–Trinajstić information content (AvgIpc) is 2.78. The Morgan fingerprint density at radius 1 is 1.00 bits per heavy atom. The first-order valence-corrected chi connectivity index (χ1v) is 11.7. The number of hydrogen-bond donors (Lipinski definition) is 3. The van der Waals surface area contributed by atoms with E-state index in [1.54, 1.807) is 0 Å². The number of pyridine rings is 1. The highest BCUT2D eigenvalue weighted by molar-refractivity contribution is 5.93. The number of phenolic OH excluding ortho intramolecular Hbond substituents is 1. The Morgan fingerprint density at radius 3 is 2.38 bits per heavy atom. The molecule has 1 fully saturated rings. The van der Waals surface area contributed by atoms with Gasteiger partial charge in [-0.3, -0.25) is 0 Å². The summed E-state index contributed by atoms with van der Waals surface area (Å²) in [6.45, 7) is 5.83. The van der Waals surface area contributed by atoms with Gasteiger partial charge in [-0.15, -0.1) is 0 Å². The van der Waals surface area contributed by atoms with E-state index in [-0.39, 0.29) is 0 Å². The molecule has 2 aromatic carbocycles. The number of aromatic hydroxyl groups is 1. The topological polar surface area (TPSA) is 60.4 Å². The zero-order chi connectivity index (χ0) is 22.7. The van der Waals surface area contributed by atoms with Crippen molar-refractivity contribution in [3.63, 3.8) is 0 Å². The number of hydrogen-bond acceptors (Lipinski definition) is 5. The van der Waals surface area contributed by atoms with E-state index in [0.29, 0.717) is 17.7 Å². The Kier molecular flexibility index (Phi) is 6.85. The number of anilines is 2. The highest BCUT2D eigenvalue weighted by Gasteiger charge is 2.21. The van der Waals surface area contributed by atoms with E-state index in [0.717, 1.165) is 35.6 Å². The summed E-state index contributed by atoms with van der Waals surface area (Å²) in [5, 5.41) is 18.5. The maximum atomic E-state index is 9.95. The van der Waals surface area contributed by atoms with Crippen LogP contribution in [0.1, 0.15) is 42.4 Å². The van der Waals surface area contributed by atoms with E-state index in [9.17, 15) is 5.11 Å². The molecule has 1 aliphatic carbocycles. The lowest BCUT2D eigenvalue weighted by atomic mass is 9.86. The van der Waals surface area contributed by atoms with Crippen molar-refractivity contribution in [2.75, 3.05) is 30.9 Å². The molecule has 3 N–H and O–H groups in total. The molecule has 0 atom stereocenters. The van der Waals surface area contributed by atoms with Gasteiger partial charge in [0, 0.05) is 43.8 Å². The predicted molar refractivity (Wildman–Crippen MR) is 135 cm³/mol. The highest BCUT2D eigenvalue weighted by atomic mass is 16.3. The summed E-state index contributed by atoms with van der Waals surface area (Å²) in [7, 11) is 4.18. The van der Waals surface area contributed by atoms with E-state index in [1.807, 2.05) is 13.8 Å². The molecule has 3 aromatic rings. The molecule has 0 unspecified atom stereocenters. The summed E-state index contributed by atoms with van der Waals surface area (Å²) in [5.41, 5.74) is 5.39. The van der Waals surface area contributed by atoms with Crippen LogP contribution >= 0.6 is 0 Å². The summed E-state index contributed by atoms with van der Waals surface area (Å²) in [4.78, 5) is 7.03. The monoisotopic (exact) mass is 432 g/mol. The third kappa shape index (κ3) is 5.16. The normalized spacial score (nSPS) is 18.6. The Labute approximate surface area is 191 Å². The Hall–Kier alpha value is -2.79. The zero-order valence-corrected chi connectivity index (χ0v) is 19.8. The highest BCUT2D eigenvalue weighted by Crippen LogP contribution is 2.30.